The van der Waals surface area contributed by atoms with Crippen LogP contribution in [0.4, 0.5) is 13.2 Å². The number of nitrogens with zero attached hydrogens (tertiary/aromatic N) is 5. The molecule has 0 saturated carbocycles. The van der Waals surface area contributed by atoms with E-state index < -0.39 is 23.7 Å². The monoisotopic (exact) mass is 655 g/mol. The van der Waals surface area contributed by atoms with Gasteiger partial charge in [0.25, 0.3) is 5.60 Å². The van der Waals surface area contributed by atoms with Gasteiger partial charge in [0.2, 0.25) is 0 Å². The Hall–Kier alpha value is -3.72. The SMILES string of the molecule is [N-]=[N+]=NC1(c2ccc(C3=NOC(c4cc(Cl)c(Cl)c(Cl)c4)(C(F)(F)F)C3)cc2)CN(C(c2ccccc2)c2ccccc2)C1. The number of oxime groups is 1. The molecule has 224 valence electrons. The minimum atomic E-state index is -4.84. The van der Waals surface area contributed by atoms with Crippen molar-refractivity contribution in [1.82, 2.24) is 4.90 Å². The van der Waals surface area contributed by atoms with Crippen LogP contribution in [0.15, 0.2) is 107 Å². The molecule has 1 saturated heterocycles. The summed E-state index contributed by atoms with van der Waals surface area (Å²) in [6.07, 6.45) is -5.44. The van der Waals surface area contributed by atoms with Gasteiger partial charge in [-0.05, 0) is 39.9 Å². The van der Waals surface area contributed by atoms with Crippen LogP contribution in [0.1, 0.15) is 40.3 Å². The Morgan fingerprint density at radius 1 is 0.841 bits per heavy atom. The predicted octanol–water partition coefficient (Wildman–Crippen LogP) is 9.84. The van der Waals surface area contributed by atoms with E-state index in [0.29, 0.717) is 18.7 Å². The van der Waals surface area contributed by atoms with Gasteiger partial charge in [0.05, 0.1) is 32.4 Å². The first-order valence-corrected chi connectivity index (χ1v) is 14.7. The van der Waals surface area contributed by atoms with Crippen LogP contribution in [0.2, 0.25) is 15.1 Å². The van der Waals surface area contributed by atoms with E-state index in [4.69, 9.17) is 39.6 Å². The molecule has 0 aliphatic carbocycles. The van der Waals surface area contributed by atoms with Crippen molar-refractivity contribution < 1.29 is 18.0 Å². The molecule has 2 heterocycles. The van der Waals surface area contributed by atoms with Crippen molar-refractivity contribution >= 4 is 40.5 Å². The van der Waals surface area contributed by atoms with E-state index in [0.717, 1.165) is 28.8 Å². The molecule has 1 atom stereocenters. The summed E-state index contributed by atoms with van der Waals surface area (Å²) >= 11 is 18.1. The van der Waals surface area contributed by atoms with Crippen LogP contribution in [0.3, 0.4) is 0 Å². The molecule has 4 aromatic carbocycles. The maximum atomic E-state index is 14.5. The van der Waals surface area contributed by atoms with Gasteiger partial charge in [-0.25, -0.2) is 0 Å². The molecule has 1 unspecified atom stereocenters. The summed E-state index contributed by atoms with van der Waals surface area (Å²) in [5, 5.41) is 7.73. The van der Waals surface area contributed by atoms with Gasteiger partial charge < -0.3 is 4.84 Å². The van der Waals surface area contributed by atoms with Crippen LogP contribution in [0, 0.1) is 0 Å². The van der Waals surface area contributed by atoms with Gasteiger partial charge >= 0.3 is 6.18 Å². The van der Waals surface area contributed by atoms with E-state index in [2.05, 4.69) is 44.3 Å². The van der Waals surface area contributed by atoms with Gasteiger partial charge in [-0.2, -0.15) is 13.2 Å². The highest BCUT2D eigenvalue weighted by molar-refractivity contribution is 6.48. The molecule has 0 amide bonds. The molecule has 0 radical (unpaired) electrons. The second-order valence-corrected chi connectivity index (χ2v) is 12.0. The highest BCUT2D eigenvalue weighted by atomic mass is 35.5. The number of likely N-dealkylation sites (tertiary alicyclic amines) is 1. The average Bonchev–Trinajstić information content (AvgIpc) is 3.47. The van der Waals surface area contributed by atoms with Gasteiger partial charge in [-0.1, -0.05) is 130 Å². The summed E-state index contributed by atoms with van der Waals surface area (Å²) in [6, 6.07) is 29.1. The van der Waals surface area contributed by atoms with Crippen LogP contribution >= 0.6 is 34.8 Å². The Balaban J connectivity index is 1.26. The molecule has 0 spiro atoms. The Kier molecular flexibility index (Phi) is 8.03. The zero-order chi connectivity index (χ0) is 31.1. The molecule has 0 bridgehead atoms. The third kappa shape index (κ3) is 5.29. The number of rotatable bonds is 7. The fourth-order valence-corrected chi connectivity index (χ4v) is 6.50. The van der Waals surface area contributed by atoms with Crippen LogP contribution in [0.5, 0.6) is 0 Å². The van der Waals surface area contributed by atoms with Crippen LogP contribution in [-0.4, -0.2) is 29.9 Å². The van der Waals surface area contributed by atoms with Crippen molar-refractivity contribution in [2.45, 2.75) is 29.8 Å². The first kappa shape index (κ1) is 30.3. The lowest BCUT2D eigenvalue weighted by Gasteiger charge is -2.51. The molecular formula is C32H23Cl3F3N5O. The number of alkyl halides is 3. The van der Waals surface area contributed by atoms with Crippen molar-refractivity contribution in [2.24, 2.45) is 10.3 Å². The zero-order valence-electron chi connectivity index (χ0n) is 22.8. The molecule has 0 N–H and O–H groups in total. The molecular weight excluding hydrogens is 634 g/mol. The van der Waals surface area contributed by atoms with Crippen LogP contribution in [0.25, 0.3) is 10.4 Å². The third-order valence-corrected chi connectivity index (χ3v) is 9.35. The lowest BCUT2D eigenvalue weighted by molar-refractivity contribution is -0.275. The Labute approximate surface area is 266 Å². The molecule has 0 aromatic heterocycles. The normalized spacial score (nSPS) is 19.6. The zero-order valence-corrected chi connectivity index (χ0v) is 25.1. The van der Waals surface area contributed by atoms with Crippen molar-refractivity contribution in [3.05, 3.63) is 150 Å². The van der Waals surface area contributed by atoms with Gasteiger partial charge in [0.1, 0.15) is 0 Å². The molecule has 2 aliphatic heterocycles. The quantitative estimate of drug-likeness (QED) is 0.0860. The lowest BCUT2D eigenvalue weighted by Crippen LogP contribution is -2.59. The Morgan fingerprint density at radius 2 is 1.39 bits per heavy atom. The summed E-state index contributed by atoms with van der Waals surface area (Å²) in [6.45, 7) is 0.897. The largest absolute Gasteiger partial charge is 0.435 e. The van der Waals surface area contributed by atoms with Gasteiger partial charge in [0, 0.05) is 30.0 Å². The van der Waals surface area contributed by atoms with Crippen molar-refractivity contribution in [3.63, 3.8) is 0 Å². The summed E-state index contributed by atoms with van der Waals surface area (Å²) in [5.74, 6) is 0. The van der Waals surface area contributed by atoms with Crippen LogP contribution in [-0.2, 0) is 16.0 Å². The smallest absolute Gasteiger partial charge is 0.374 e. The number of hydrogen-bond acceptors (Lipinski definition) is 4. The van der Waals surface area contributed by atoms with E-state index in [1.165, 1.54) is 0 Å². The first-order valence-electron chi connectivity index (χ1n) is 13.5. The van der Waals surface area contributed by atoms with Gasteiger partial charge in [-0.3, -0.25) is 4.90 Å². The molecule has 44 heavy (non-hydrogen) atoms. The fraction of sp³-hybridized carbons (Fsp3) is 0.219. The van der Waals surface area contributed by atoms with E-state index in [-0.39, 0.29) is 32.4 Å². The lowest BCUT2D eigenvalue weighted by atomic mass is 9.79. The summed E-state index contributed by atoms with van der Waals surface area (Å²) < 4.78 is 43.5. The average molecular weight is 657 g/mol. The maximum Gasteiger partial charge on any atom is 0.435 e. The van der Waals surface area contributed by atoms with Gasteiger partial charge in [-0.15, -0.1) is 0 Å². The number of halogens is 6. The minimum absolute atomic E-state index is 0.0472. The van der Waals surface area contributed by atoms with Crippen molar-refractivity contribution in [1.29, 1.82) is 0 Å². The highest BCUT2D eigenvalue weighted by Crippen LogP contribution is 2.51. The summed E-state index contributed by atoms with van der Waals surface area (Å²) in [4.78, 5) is 10.5. The highest BCUT2D eigenvalue weighted by Gasteiger charge is 2.62. The number of azide groups is 1. The molecule has 6 nitrogen and oxygen atoms in total. The topological polar surface area (TPSA) is 73.6 Å². The molecule has 12 heteroatoms. The van der Waals surface area contributed by atoms with E-state index in [1.54, 1.807) is 24.3 Å². The first-order chi connectivity index (χ1) is 21.1. The fourth-order valence-electron chi connectivity index (χ4n) is 5.90. The molecule has 6 rings (SSSR count). The van der Waals surface area contributed by atoms with Crippen LogP contribution < -0.4 is 0 Å². The maximum absolute atomic E-state index is 14.5. The van der Waals surface area contributed by atoms with Crippen molar-refractivity contribution in [3.8, 4) is 0 Å². The predicted molar refractivity (Wildman–Crippen MR) is 165 cm³/mol. The standard InChI is InChI=1S/C32H23Cl3F3N5O/c33-25-15-24(16-26(34)28(25)35)31(32(36,37)38)17-27(40-44-31)20-11-13-23(14-12-20)30(41-42-39)18-43(19-30)29(21-7-3-1-4-8-21)22-9-5-2-6-10-22/h1-16,29H,17-19H2. The molecule has 2 aliphatic rings. The van der Waals surface area contributed by atoms with Crippen molar-refractivity contribution in [2.75, 3.05) is 13.1 Å². The second-order valence-electron chi connectivity index (χ2n) is 10.8. The van der Waals surface area contributed by atoms with E-state index >= 15 is 0 Å². The Morgan fingerprint density at radius 3 is 1.89 bits per heavy atom. The third-order valence-electron chi connectivity index (χ3n) is 8.15. The molecule has 1 fully saturated rings. The molecule has 4 aromatic rings. The Bertz CT molecular complexity index is 1700. The van der Waals surface area contributed by atoms with Gasteiger partial charge in [0.15, 0.2) is 0 Å². The summed E-state index contributed by atoms with van der Waals surface area (Å²) in [5.41, 5.74) is 9.03. The van der Waals surface area contributed by atoms with E-state index in [1.807, 2.05) is 36.4 Å². The number of benzene rings is 4. The minimum Gasteiger partial charge on any atom is -0.374 e. The van der Waals surface area contributed by atoms with E-state index in [9.17, 15) is 18.7 Å². The number of hydrogen-bond donors (Lipinski definition) is 0. The summed E-state index contributed by atoms with van der Waals surface area (Å²) in [7, 11) is 0. The second kappa shape index (κ2) is 11.7.